The maximum absolute atomic E-state index is 5.99. The van der Waals surface area contributed by atoms with Crippen LogP contribution in [0.2, 0.25) is 0 Å². The Hall–Kier alpha value is 1.28. The van der Waals surface area contributed by atoms with Gasteiger partial charge < -0.3 is 11.5 Å². The predicted molar refractivity (Wildman–Crippen MR) is 13.4 cm³/mol. The van der Waals surface area contributed by atoms with Crippen molar-refractivity contribution in [2.45, 2.75) is 0 Å². The summed E-state index contributed by atoms with van der Waals surface area (Å²) < 4.78 is 0. The maximum atomic E-state index is 5.99. The Balaban J connectivity index is 0. The van der Waals surface area contributed by atoms with Crippen molar-refractivity contribution >= 4 is 0 Å². The van der Waals surface area contributed by atoms with Gasteiger partial charge in [0.2, 0.25) is 0 Å². The molecule has 0 aliphatic carbocycles. The molecule has 1 radical (unpaired) electrons. The molecule has 3 N–H and O–H groups in total. The van der Waals surface area contributed by atoms with Gasteiger partial charge in [-0.2, -0.15) is 0 Å². The van der Waals surface area contributed by atoms with Crippen LogP contribution in [0.5, 0.6) is 0 Å². The van der Waals surface area contributed by atoms with E-state index in [1.165, 1.54) is 0 Å². The molecule has 0 aliphatic heterocycles. The fourth-order valence-corrected chi connectivity index (χ4v) is 0. The van der Waals surface area contributed by atoms with E-state index in [2.05, 4.69) is 5.73 Å². The van der Waals surface area contributed by atoms with Crippen molar-refractivity contribution < 1.29 is 41.3 Å². The number of hydrogen-bond donors (Lipinski definition) is 1. The summed E-state index contributed by atoms with van der Waals surface area (Å²) in [7, 11) is 0. The third-order valence-corrected chi connectivity index (χ3v) is 0. The Bertz CT molecular complexity index is 6.00. The first-order valence-corrected chi connectivity index (χ1v) is 0.762. The summed E-state index contributed by atoms with van der Waals surface area (Å²) in [5.74, 6) is 0. The SMILES string of the molecule is [NH-]CN.[Pr]. The van der Waals surface area contributed by atoms with E-state index in [9.17, 15) is 0 Å². The summed E-state index contributed by atoms with van der Waals surface area (Å²) >= 11 is 0. The zero-order valence-corrected chi connectivity index (χ0v) is 6.07. The Labute approximate surface area is 58.9 Å². The summed E-state index contributed by atoms with van der Waals surface area (Å²) in [6, 6.07) is 0. The van der Waals surface area contributed by atoms with Crippen LogP contribution < -0.4 is 5.73 Å². The molecule has 0 rings (SSSR count). The predicted octanol–water partition coefficient (Wildman–Crippen LogP) is -0.0452. The average molecular weight is 186 g/mol. The van der Waals surface area contributed by atoms with Gasteiger partial charge in [-0.25, -0.2) is 0 Å². The van der Waals surface area contributed by atoms with Crippen LogP contribution in [0.4, 0.5) is 0 Å². The Morgan fingerprint density at radius 2 is 1.75 bits per heavy atom. The maximum Gasteiger partial charge on any atom is 0 e. The largest absolute Gasteiger partial charge is 0.665 e. The van der Waals surface area contributed by atoms with Crippen LogP contribution in [0.25, 0.3) is 5.73 Å². The number of rotatable bonds is 0. The van der Waals surface area contributed by atoms with Gasteiger partial charge in [-0.1, -0.05) is 0 Å². The van der Waals surface area contributed by atoms with Crippen molar-refractivity contribution in [1.29, 1.82) is 0 Å². The molecule has 0 unspecified atom stereocenters. The second-order valence-electron chi connectivity index (χ2n) is 0.204. The third kappa shape index (κ3) is 10.4. The van der Waals surface area contributed by atoms with Crippen LogP contribution in [0.1, 0.15) is 0 Å². The van der Waals surface area contributed by atoms with Gasteiger partial charge in [0.05, 0.1) is 0 Å². The van der Waals surface area contributed by atoms with Crippen LogP contribution >= 0.6 is 0 Å². The van der Waals surface area contributed by atoms with E-state index in [0.29, 0.717) is 0 Å². The van der Waals surface area contributed by atoms with Gasteiger partial charge >= 0.3 is 0 Å². The molecule has 0 heterocycles. The van der Waals surface area contributed by atoms with Crippen LogP contribution in [-0.4, -0.2) is 6.67 Å². The van der Waals surface area contributed by atoms with Gasteiger partial charge in [0.1, 0.15) is 0 Å². The molecule has 0 spiro atoms. The number of nitrogens with two attached hydrogens (primary N) is 1. The molecule has 0 aromatic heterocycles. The first kappa shape index (κ1) is 8.99. The molecule has 0 amide bonds. The normalized spacial score (nSPS) is 4.50. The van der Waals surface area contributed by atoms with E-state index in [1.807, 2.05) is 0 Å². The Morgan fingerprint density at radius 1 is 1.75 bits per heavy atom. The van der Waals surface area contributed by atoms with Gasteiger partial charge in [0.15, 0.2) is 0 Å². The van der Waals surface area contributed by atoms with Gasteiger partial charge in [-0.15, -0.1) is 6.67 Å². The van der Waals surface area contributed by atoms with E-state index in [-0.39, 0.29) is 48.0 Å². The van der Waals surface area contributed by atoms with E-state index in [1.54, 1.807) is 0 Å². The Kier molecular flexibility index (Phi) is 19.9. The van der Waals surface area contributed by atoms with Gasteiger partial charge in [-0.05, 0) is 0 Å². The third-order valence-electron chi connectivity index (χ3n) is 0. The fraction of sp³-hybridized carbons (Fsp3) is 1.00. The minimum Gasteiger partial charge on any atom is -0.665 e. The molecule has 0 aromatic carbocycles. The molecule has 0 fully saturated rings. The van der Waals surface area contributed by atoms with E-state index < -0.39 is 0 Å². The van der Waals surface area contributed by atoms with Crippen molar-refractivity contribution in [1.82, 2.24) is 0 Å². The van der Waals surface area contributed by atoms with Crippen molar-refractivity contribution in [3.05, 3.63) is 5.73 Å². The summed E-state index contributed by atoms with van der Waals surface area (Å²) in [4.78, 5) is 0. The second-order valence-corrected chi connectivity index (χ2v) is 0.204. The van der Waals surface area contributed by atoms with Crippen molar-refractivity contribution in [3.8, 4) is 0 Å². The Morgan fingerprint density at radius 3 is 1.75 bits per heavy atom. The molecule has 0 aromatic rings. The van der Waals surface area contributed by atoms with Crippen LogP contribution in [0, 0.1) is 41.3 Å². The zero-order valence-electron chi connectivity index (χ0n) is 2.36. The molecule has 3 heteroatoms. The van der Waals surface area contributed by atoms with E-state index in [4.69, 9.17) is 5.73 Å². The van der Waals surface area contributed by atoms with Gasteiger partial charge in [0.25, 0.3) is 0 Å². The summed E-state index contributed by atoms with van der Waals surface area (Å²) in [6.45, 7) is 0. The number of nitrogens with one attached hydrogen (secondary N) is 1. The molecule has 0 saturated heterocycles. The molecule has 0 aliphatic rings. The van der Waals surface area contributed by atoms with Crippen molar-refractivity contribution in [3.63, 3.8) is 0 Å². The molecule has 0 bridgehead atoms. The molecular formula is CH5N2Pr-. The summed E-state index contributed by atoms with van der Waals surface area (Å²) in [5.41, 5.74) is 10.5. The monoisotopic (exact) mass is 186 g/mol. The molecular weight excluding hydrogens is 181 g/mol. The standard InChI is InChI=1S/CH5N2.Pr/c2-1-3;/h2H,1,3H2;/q-1;. The van der Waals surface area contributed by atoms with Crippen LogP contribution in [-0.2, 0) is 0 Å². The molecule has 0 saturated carbocycles. The topological polar surface area (TPSA) is 49.8 Å². The minimum absolute atomic E-state index is 0. The van der Waals surface area contributed by atoms with Crippen molar-refractivity contribution in [2.24, 2.45) is 5.73 Å². The molecule has 0 atom stereocenters. The van der Waals surface area contributed by atoms with Crippen LogP contribution in [0.15, 0.2) is 0 Å². The average Bonchev–Trinajstić information content (AvgIpc) is 0.918. The molecule has 2 nitrogen and oxygen atoms in total. The summed E-state index contributed by atoms with van der Waals surface area (Å²) in [5, 5.41) is 0. The van der Waals surface area contributed by atoms with Crippen LogP contribution in [0.3, 0.4) is 0 Å². The minimum atomic E-state index is 0. The van der Waals surface area contributed by atoms with Crippen molar-refractivity contribution in [2.75, 3.05) is 6.67 Å². The smallest absolute Gasteiger partial charge is 0 e. The fourth-order valence-electron chi connectivity index (χ4n) is 0. The van der Waals surface area contributed by atoms with Gasteiger partial charge in [-0.3, -0.25) is 0 Å². The second kappa shape index (κ2) is 8.86. The number of hydrogen-bond acceptors (Lipinski definition) is 1. The van der Waals surface area contributed by atoms with E-state index >= 15 is 0 Å². The van der Waals surface area contributed by atoms with E-state index in [0.717, 1.165) is 0 Å². The molecule has 23 valence electrons. The molecule has 4 heavy (non-hydrogen) atoms. The first-order valence-electron chi connectivity index (χ1n) is 0.762. The zero-order chi connectivity index (χ0) is 2.71. The van der Waals surface area contributed by atoms with Gasteiger partial charge in [0, 0.05) is 41.3 Å². The summed E-state index contributed by atoms with van der Waals surface area (Å²) in [6.07, 6.45) is 0. The quantitative estimate of drug-likeness (QED) is 0.566. The first-order chi connectivity index (χ1) is 1.41.